The molecule has 0 unspecified atom stereocenters. The molecule has 25 heavy (non-hydrogen) atoms. The van der Waals surface area contributed by atoms with E-state index in [-0.39, 0.29) is 16.8 Å². The summed E-state index contributed by atoms with van der Waals surface area (Å²) in [6.07, 6.45) is 3.01. The van der Waals surface area contributed by atoms with Gasteiger partial charge < -0.3 is 19.9 Å². The molecule has 0 radical (unpaired) electrons. The molecular weight excluding hydrogens is 340 g/mol. The second-order valence-corrected chi connectivity index (χ2v) is 5.35. The first-order valence-electron chi connectivity index (χ1n) is 7.33. The van der Waals surface area contributed by atoms with Gasteiger partial charge in [-0.05, 0) is 60.3 Å². The summed E-state index contributed by atoms with van der Waals surface area (Å²) in [5, 5.41) is 14.8. The highest BCUT2D eigenvalue weighted by Crippen LogP contribution is 2.27. The molecule has 1 amide bonds. The number of hydrogen-bond acceptors (Lipinski definition) is 5. The van der Waals surface area contributed by atoms with Crippen molar-refractivity contribution in [1.29, 1.82) is 0 Å². The highest BCUT2D eigenvalue weighted by molar-refractivity contribution is 7.80. The number of rotatable bonds is 5. The predicted molar refractivity (Wildman–Crippen MR) is 101 cm³/mol. The summed E-state index contributed by atoms with van der Waals surface area (Å²) in [7, 11) is 3.11. The molecule has 0 aromatic heterocycles. The van der Waals surface area contributed by atoms with Crippen LogP contribution in [0.25, 0.3) is 6.08 Å². The number of phenolic OH excluding ortho intramolecular Hbond substituents is 1. The summed E-state index contributed by atoms with van der Waals surface area (Å²) < 4.78 is 10.4. The maximum absolute atomic E-state index is 11.9. The van der Waals surface area contributed by atoms with Crippen LogP contribution in [0.15, 0.2) is 48.5 Å². The van der Waals surface area contributed by atoms with Gasteiger partial charge in [0.05, 0.1) is 14.2 Å². The van der Waals surface area contributed by atoms with Crippen molar-refractivity contribution in [1.82, 2.24) is 5.32 Å². The molecule has 0 aliphatic heterocycles. The van der Waals surface area contributed by atoms with Crippen molar-refractivity contribution in [2.24, 2.45) is 0 Å². The normalized spacial score (nSPS) is 10.3. The number of carbonyl (C=O) groups is 1. The number of aromatic hydroxyl groups is 1. The third kappa shape index (κ3) is 5.50. The molecule has 0 aliphatic carbocycles. The van der Waals surface area contributed by atoms with Crippen LogP contribution >= 0.6 is 12.2 Å². The second kappa shape index (κ2) is 8.70. The van der Waals surface area contributed by atoms with Crippen LogP contribution in [0.2, 0.25) is 0 Å². The topological polar surface area (TPSA) is 79.8 Å². The van der Waals surface area contributed by atoms with E-state index >= 15 is 0 Å². The van der Waals surface area contributed by atoms with Crippen LogP contribution in [-0.4, -0.2) is 30.3 Å². The lowest BCUT2D eigenvalue weighted by Crippen LogP contribution is -2.32. The molecule has 0 saturated carbocycles. The molecular formula is C18H18N2O4S. The Morgan fingerprint density at radius 1 is 1.08 bits per heavy atom. The van der Waals surface area contributed by atoms with Crippen LogP contribution < -0.4 is 20.1 Å². The Balaban J connectivity index is 1.93. The molecule has 2 aromatic carbocycles. The lowest BCUT2D eigenvalue weighted by molar-refractivity contribution is -0.115. The first-order chi connectivity index (χ1) is 12.0. The molecule has 3 N–H and O–H groups in total. The minimum absolute atomic E-state index is 0.151. The molecule has 0 atom stereocenters. The average Bonchev–Trinajstić information content (AvgIpc) is 2.61. The summed E-state index contributed by atoms with van der Waals surface area (Å²) in [6, 6.07) is 11.6. The largest absolute Gasteiger partial charge is 0.508 e. The van der Waals surface area contributed by atoms with Gasteiger partial charge in [0.2, 0.25) is 5.91 Å². The minimum atomic E-state index is -0.369. The van der Waals surface area contributed by atoms with Crippen molar-refractivity contribution in [2.45, 2.75) is 0 Å². The third-order valence-electron chi connectivity index (χ3n) is 3.20. The van der Waals surface area contributed by atoms with Gasteiger partial charge in [-0.3, -0.25) is 10.1 Å². The van der Waals surface area contributed by atoms with E-state index in [1.165, 1.54) is 18.2 Å². The van der Waals surface area contributed by atoms with E-state index < -0.39 is 0 Å². The van der Waals surface area contributed by atoms with Gasteiger partial charge in [-0.1, -0.05) is 6.07 Å². The maximum atomic E-state index is 11.9. The van der Waals surface area contributed by atoms with Crippen molar-refractivity contribution >= 4 is 35.0 Å². The third-order valence-corrected chi connectivity index (χ3v) is 3.40. The Kier molecular flexibility index (Phi) is 6.36. The Morgan fingerprint density at radius 3 is 2.40 bits per heavy atom. The van der Waals surface area contributed by atoms with Crippen molar-refractivity contribution < 1.29 is 19.4 Å². The van der Waals surface area contributed by atoms with E-state index in [0.717, 1.165) is 5.56 Å². The van der Waals surface area contributed by atoms with Crippen molar-refractivity contribution in [3.63, 3.8) is 0 Å². The first kappa shape index (κ1) is 18.3. The van der Waals surface area contributed by atoms with Gasteiger partial charge in [-0.2, -0.15) is 0 Å². The van der Waals surface area contributed by atoms with Gasteiger partial charge in [0.1, 0.15) is 5.75 Å². The monoisotopic (exact) mass is 358 g/mol. The molecule has 0 spiro atoms. The van der Waals surface area contributed by atoms with Crippen LogP contribution in [0.1, 0.15) is 5.56 Å². The summed E-state index contributed by atoms with van der Waals surface area (Å²) >= 11 is 5.07. The fourth-order valence-corrected chi connectivity index (χ4v) is 2.21. The van der Waals surface area contributed by atoms with Crippen molar-refractivity contribution in [3.05, 3.63) is 54.1 Å². The SMILES string of the molecule is COc1ccc(C=CC(=O)NC(=S)Nc2ccc(O)cc2)cc1OC. The first-order valence-corrected chi connectivity index (χ1v) is 7.73. The summed E-state index contributed by atoms with van der Waals surface area (Å²) in [6.45, 7) is 0. The molecule has 7 heteroatoms. The van der Waals surface area contributed by atoms with Crippen molar-refractivity contribution in [3.8, 4) is 17.2 Å². The Morgan fingerprint density at radius 2 is 1.76 bits per heavy atom. The lowest BCUT2D eigenvalue weighted by Gasteiger charge is -2.08. The minimum Gasteiger partial charge on any atom is -0.508 e. The van der Waals surface area contributed by atoms with Gasteiger partial charge in [0, 0.05) is 11.8 Å². The lowest BCUT2D eigenvalue weighted by atomic mass is 10.2. The number of phenols is 1. The van der Waals surface area contributed by atoms with E-state index in [1.54, 1.807) is 50.6 Å². The summed E-state index contributed by atoms with van der Waals surface area (Å²) in [5.74, 6) is 0.974. The zero-order valence-electron chi connectivity index (χ0n) is 13.8. The highest BCUT2D eigenvalue weighted by Gasteiger charge is 2.04. The molecule has 0 saturated heterocycles. The van der Waals surface area contributed by atoms with Crippen molar-refractivity contribution in [2.75, 3.05) is 19.5 Å². The van der Waals surface area contributed by atoms with Gasteiger partial charge in [0.25, 0.3) is 0 Å². The van der Waals surface area contributed by atoms with Gasteiger partial charge in [0.15, 0.2) is 16.6 Å². The smallest absolute Gasteiger partial charge is 0.250 e. The molecule has 6 nitrogen and oxygen atoms in total. The fourth-order valence-electron chi connectivity index (χ4n) is 1.99. The Bertz CT molecular complexity index is 788. The summed E-state index contributed by atoms with van der Waals surface area (Å²) in [5.41, 5.74) is 1.44. The number of ether oxygens (including phenoxy) is 2. The summed E-state index contributed by atoms with van der Waals surface area (Å²) in [4.78, 5) is 11.9. The van der Waals surface area contributed by atoms with Crippen LogP contribution in [0.5, 0.6) is 17.2 Å². The zero-order chi connectivity index (χ0) is 18.2. The number of benzene rings is 2. The van der Waals surface area contributed by atoms with E-state index in [0.29, 0.717) is 17.2 Å². The van der Waals surface area contributed by atoms with Crippen LogP contribution in [0, 0.1) is 0 Å². The molecule has 130 valence electrons. The highest BCUT2D eigenvalue weighted by atomic mass is 32.1. The molecule has 0 bridgehead atoms. The van der Waals surface area contributed by atoms with Gasteiger partial charge in [-0.15, -0.1) is 0 Å². The van der Waals surface area contributed by atoms with Crippen LogP contribution in [0.4, 0.5) is 5.69 Å². The van der Waals surface area contributed by atoms with Gasteiger partial charge in [-0.25, -0.2) is 0 Å². The van der Waals surface area contributed by atoms with E-state index in [4.69, 9.17) is 21.7 Å². The maximum Gasteiger partial charge on any atom is 0.250 e. The number of methoxy groups -OCH3 is 2. The second-order valence-electron chi connectivity index (χ2n) is 4.94. The van der Waals surface area contributed by atoms with E-state index in [2.05, 4.69) is 10.6 Å². The quantitative estimate of drug-likeness (QED) is 0.433. The number of thiocarbonyl (C=S) groups is 1. The fraction of sp³-hybridized carbons (Fsp3) is 0.111. The van der Waals surface area contributed by atoms with E-state index in [1.807, 2.05) is 0 Å². The standard InChI is InChI=1S/C18H18N2O4S/c1-23-15-9-3-12(11-16(15)24-2)4-10-17(22)20-18(25)19-13-5-7-14(21)8-6-13/h3-11,21H,1-2H3,(H2,19,20,22,25). The number of anilines is 1. The zero-order valence-corrected chi connectivity index (χ0v) is 14.6. The average molecular weight is 358 g/mol. The number of hydrogen-bond donors (Lipinski definition) is 3. The number of amides is 1. The predicted octanol–water partition coefficient (Wildman–Crippen LogP) is 2.94. The molecule has 2 aromatic rings. The molecule has 0 fully saturated rings. The Labute approximate surface area is 151 Å². The molecule has 0 heterocycles. The Hall–Kier alpha value is -3.06. The molecule has 0 aliphatic rings. The number of nitrogens with one attached hydrogen (secondary N) is 2. The van der Waals surface area contributed by atoms with Crippen LogP contribution in [-0.2, 0) is 4.79 Å². The van der Waals surface area contributed by atoms with Gasteiger partial charge >= 0.3 is 0 Å². The molecule has 2 rings (SSSR count). The van der Waals surface area contributed by atoms with E-state index in [9.17, 15) is 9.90 Å². The number of carbonyl (C=O) groups excluding carboxylic acids is 1. The van der Waals surface area contributed by atoms with Crippen LogP contribution in [0.3, 0.4) is 0 Å².